The molecular formula is C18H35NO2S. The summed E-state index contributed by atoms with van der Waals surface area (Å²) < 4.78 is 0. The number of unbranched alkanes of at least 4 members (excludes halogenated alkanes) is 7. The molecule has 0 aromatic rings. The van der Waals surface area contributed by atoms with Gasteiger partial charge >= 0.3 is 0 Å². The van der Waals surface area contributed by atoms with E-state index in [9.17, 15) is 9.59 Å². The van der Waals surface area contributed by atoms with Gasteiger partial charge in [0.05, 0.1) is 6.04 Å². The Kier molecular flexibility index (Phi) is 14.0. The molecule has 1 N–H and O–H groups in total. The van der Waals surface area contributed by atoms with Gasteiger partial charge in [-0.25, -0.2) is 0 Å². The fraction of sp³-hybridized carbons (Fsp3) is 0.889. The van der Waals surface area contributed by atoms with Crippen LogP contribution in [0.4, 0.5) is 0 Å². The minimum atomic E-state index is -0.233. The third-order valence-corrected chi connectivity index (χ3v) is 4.63. The van der Waals surface area contributed by atoms with Gasteiger partial charge in [0, 0.05) is 18.2 Å². The summed E-state index contributed by atoms with van der Waals surface area (Å²) in [6.45, 7) is 6.05. The Hall–Kier alpha value is -0.350. The zero-order valence-electron chi connectivity index (χ0n) is 14.7. The van der Waals surface area contributed by atoms with E-state index in [1.54, 1.807) is 13.8 Å². The van der Waals surface area contributed by atoms with E-state index >= 15 is 0 Å². The fourth-order valence-electron chi connectivity index (χ4n) is 2.60. The summed E-state index contributed by atoms with van der Waals surface area (Å²) in [6.07, 6.45) is 11.2. The average Bonchev–Trinajstić information content (AvgIpc) is 2.47. The highest BCUT2D eigenvalue weighted by atomic mass is 32.1. The Balaban J connectivity index is 3.82. The van der Waals surface area contributed by atoms with Gasteiger partial charge in [-0.3, -0.25) is 9.59 Å². The Morgan fingerprint density at radius 1 is 0.909 bits per heavy atom. The smallest absolute Gasteiger partial charge is 0.147 e. The van der Waals surface area contributed by atoms with E-state index in [1.807, 2.05) is 0 Å². The van der Waals surface area contributed by atoms with E-state index in [1.165, 1.54) is 44.9 Å². The minimum Gasteiger partial charge on any atom is -0.306 e. The number of ketones is 2. The lowest BCUT2D eigenvalue weighted by atomic mass is 9.96. The lowest BCUT2D eigenvalue weighted by Gasteiger charge is -2.18. The maximum atomic E-state index is 11.7. The van der Waals surface area contributed by atoms with E-state index < -0.39 is 0 Å². The number of hydrogen-bond acceptors (Lipinski definition) is 4. The first kappa shape index (κ1) is 21.6. The van der Waals surface area contributed by atoms with E-state index in [0.717, 1.165) is 12.8 Å². The van der Waals surface area contributed by atoms with Crippen LogP contribution >= 0.6 is 12.6 Å². The Bertz CT molecular complexity index is 307. The predicted molar refractivity (Wildman–Crippen MR) is 97.7 cm³/mol. The lowest BCUT2D eigenvalue weighted by Crippen LogP contribution is -2.41. The van der Waals surface area contributed by atoms with Crippen molar-refractivity contribution in [3.05, 3.63) is 0 Å². The molecule has 2 atom stereocenters. The van der Waals surface area contributed by atoms with E-state index in [2.05, 4.69) is 24.9 Å². The van der Waals surface area contributed by atoms with E-state index in [0.29, 0.717) is 12.3 Å². The fourth-order valence-corrected chi connectivity index (χ4v) is 2.98. The van der Waals surface area contributed by atoms with Crippen molar-refractivity contribution in [1.82, 2.24) is 5.32 Å². The summed E-state index contributed by atoms with van der Waals surface area (Å²) in [5, 5.41) is 3.18. The SMILES string of the molecule is CCCCCCCCCCC(CN[C@@H](CS)C(C)=O)C(C)=O. The second-order valence-electron chi connectivity index (χ2n) is 6.33. The summed E-state index contributed by atoms with van der Waals surface area (Å²) in [6, 6.07) is -0.233. The zero-order chi connectivity index (χ0) is 16.8. The molecule has 0 spiro atoms. The van der Waals surface area contributed by atoms with Gasteiger partial charge in [0.1, 0.15) is 11.6 Å². The van der Waals surface area contributed by atoms with Gasteiger partial charge in [0.25, 0.3) is 0 Å². The Labute approximate surface area is 142 Å². The van der Waals surface area contributed by atoms with Gasteiger partial charge < -0.3 is 5.32 Å². The van der Waals surface area contributed by atoms with E-state index in [-0.39, 0.29) is 23.5 Å². The van der Waals surface area contributed by atoms with Crippen molar-refractivity contribution in [2.45, 2.75) is 84.6 Å². The second-order valence-corrected chi connectivity index (χ2v) is 6.69. The van der Waals surface area contributed by atoms with Crippen molar-refractivity contribution in [1.29, 1.82) is 0 Å². The number of carbonyl (C=O) groups excluding carboxylic acids is 2. The van der Waals surface area contributed by atoms with Gasteiger partial charge in [-0.1, -0.05) is 58.3 Å². The highest BCUT2D eigenvalue weighted by Crippen LogP contribution is 2.14. The molecule has 0 aliphatic rings. The highest BCUT2D eigenvalue weighted by molar-refractivity contribution is 7.80. The van der Waals surface area contributed by atoms with Crippen LogP contribution in [-0.4, -0.2) is 29.9 Å². The standard InChI is InChI=1S/C18H35NO2S/c1-4-5-6-7-8-9-10-11-12-17(15(2)20)13-19-18(14-22)16(3)21/h17-19,22H,4-14H2,1-3H3/t17?,18-/m0/s1. The van der Waals surface area contributed by atoms with Gasteiger partial charge in [-0.15, -0.1) is 0 Å². The Morgan fingerprint density at radius 3 is 1.91 bits per heavy atom. The van der Waals surface area contributed by atoms with E-state index in [4.69, 9.17) is 0 Å². The van der Waals surface area contributed by atoms with Crippen LogP contribution in [0.5, 0.6) is 0 Å². The molecule has 0 aromatic carbocycles. The third-order valence-electron chi connectivity index (χ3n) is 4.26. The lowest BCUT2D eigenvalue weighted by molar-refractivity contribution is -0.122. The molecule has 130 valence electrons. The monoisotopic (exact) mass is 329 g/mol. The second kappa shape index (κ2) is 14.3. The van der Waals surface area contributed by atoms with Crippen molar-refractivity contribution in [2.75, 3.05) is 12.3 Å². The number of Topliss-reactive ketones (excluding diaryl/α,β-unsaturated/α-hetero) is 2. The number of carbonyl (C=O) groups is 2. The molecule has 0 radical (unpaired) electrons. The number of rotatable bonds is 15. The molecule has 0 aliphatic heterocycles. The van der Waals surface area contributed by atoms with Gasteiger partial charge in [0.15, 0.2) is 0 Å². The molecule has 3 nitrogen and oxygen atoms in total. The first-order valence-electron chi connectivity index (χ1n) is 8.88. The quantitative estimate of drug-likeness (QED) is 0.350. The van der Waals surface area contributed by atoms with Crippen molar-refractivity contribution >= 4 is 24.2 Å². The number of hydrogen-bond donors (Lipinski definition) is 2. The van der Waals surface area contributed by atoms with Crippen LogP contribution in [0, 0.1) is 5.92 Å². The van der Waals surface area contributed by atoms with Crippen LogP contribution in [-0.2, 0) is 9.59 Å². The zero-order valence-corrected chi connectivity index (χ0v) is 15.6. The van der Waals surface area contributed by atoms with Crippen LogP contribution in [0.25, 0.3) is 0 Å². The molecule has 0 bridgehead atoms. The summed E-state index contributed by atoms with van der Waals surface area (Å²) >= 11 is 4.17. The normalized spacial score (nSPS) is 13.8. The molecule has 0 amide bonds. The molecule has 0 fully saturated rings. The highest BCUT2D eigenvalue weighted by Gasteiger charge is 2.17. The molecule has 0 heterocycles. The molecule has 0 saturated carbocycles. The summed E-state index contributed by atoms with van der Waals surface area (Å²) in [7, 11) is 0. The van der Waals surface area contributed by atoms with Gasteiger partial charge in [-0.2, -0.15) is 12.6 Å². The molecule has 0 aliphatic carbocycles. The first-order valence-corrected chi connectivity index (χ1v) is 9.51. The average molecular weight is 330 g/mol. The summed E-state index contributed by atoms with van der Waals surface area (Å²) in [5.41, 5.74) is 0. The summed E-state index contributed by atoms with van der Waals surface area (Å²) in [5.74, 6) is 0.820. The van der Waals surface area contributed by atoms with Crippen LogP contribution in [0.15, 0.2) is 0 Å². The molecule has 22 heavy (non-hydrogen) atoms. The van der Waals surface area contributed by atoms with Gasteiger partial charge in [0.2, 0.25) is 0 Å². The van der Waals surface area contributed by atoms with Crippen molar-refractivity contribution in [3.8, 4) is 0 Å². The topological polar surface area (TPSA) is 46.2 Å². The minimum absolute atomic E-state index is 0.0295. The van der Waals surface area contributed by atoms with Crippen molar-refractivity contribution < 1.29 is 9.59 Å². The molecule has 4 heteroatoms. The molecule has 0 aromatic heterocycles. The van der Waals surface area contributed by atoms with Crippen molar-refractivity contribution in [3.63, 3.8) is 0 Å². The van der Waals surface area contributed by atoms with Crippen molar-refractivity contribution in [2.24, 2.45) is 5.92 Å². The van der Waals surface area contributed by atoms with Gasteiger partial charge in [-0.05, 0) is 20.3 Å². The number of nitrogens with one attached hydrogen (secondary N) is 1. The van der Waals surface area contributed by atoms with Crippen LogP contribution in [0.2, 0.25) is 0 Å². The molecular weight excluding hydrogens is 294 g/mol. The predicted octanol–water partition coefficient (Wildman–Crippen LogP) is 4.20. The Morgan fingerprint density at radius 2 is 1.45 bits per heavy atom. The number of thiol groups is 1. The maximum absolute atomic E-state index is 11.7. The molecule has 1 unspecified atom stereocenters. The van der Waals surface area contributed by atoms with Crippen LogP contribution in [0.3, 0.4) is 0 Å². The molecule has 0 saturated heterocycles. The van der Waals surface area contributed by atoms with Crippen LogP contribution < -0.4 is 5.32 Å². The van der Waals surface area contributed by atoms with Crippen LogP contribution in [0.1, 0.15) is 78.6 Å². The first-order chi connectivity index (χ1) is 10.5. The summed E-state index contributed by atoms with van der Waals surface area (Å²) in [4.78, 5) is 23.1. The third kappa shape index (κ3) is 11.2. The molecule has 0 rings (SSSR count). The maximum Gasteiger partial charge on any atom is 0.147 e. The largest absolute Gasteiger partial charge is 0.306 e.